The molecule has 2 saturated carbocycles. The quantitative estimate of drug-likeness (QED) is 0.707. The van der Waals surface area contributed by atoms with Gasteiger partial charge in [0.05, 0.1) is 11.8 Å². The van der Waals surface area contributed by atoms with Crippen molar-refractivity contribution in [2.24, 2.45) is 23.2 Å². The van der Waals surface area contributed by atoms with Gasteiger partial charge in [-0.25, -0.2) is 0 Å². The molecule has 0 amide bonds. The molecule has 0 radical (unpaired) electrons. The highest BCUT2D eigenvalue weighted by atomic mass is 16.3. The third kappa shape index (κ3) is 1.75. The molecule has 5 rings (SSSR count). The van der Waals surface area contributed by atoms with Gasteiger partial charge in [0.1, 0.15) is 0 Å². The summed E-state index contributed by atoms with van der Waals surface area (Å²) in [6.45, 7) is 7.21. The largest absolute Gasteiger partial charge is 0.393 e. The second kappa shape index (κ2) is 4.75. The van der Waals surface area contributed by atoms with Crippen molar-refractivity contribution in [3.05, 3.63) is 28.6 Å². The average molecular weight is 326 g/mol. The van der Waals surface area contributed by atoms with E-state index in [-0.39, 0.29) is 6.10 Å². The zero-order valence-electron chi connectivity index (χ0n) is 15.2. The maximum Gasteiger partial charge on any atom is 0.0665 e. The van der Waals surface area contributed by atoms with Crippen LogP contribution < -0.4 is 0 Å². The number of fused-ring (bicyclic) bond motifs is 7. The predicted molar refractivity (Wildman–Crippen MR) is 94.7 cm³/mol. The van der Waals surface area contributed by atoms with Gasteiger partial charge in [-0.3, -0.25) is 5.10 Å². The molecular formula is C21H30N2O. The molecule has 0 saturated heterocycles. The molecule has 2 fully saturated rings. The minimum Gasteiger partial charge on any atom is -0.393 e. The van der Waals surface area contributed by atoms with Crippen LogP contribution in [0.15, 0.2) is 11.6 Å². The first-order chi connectivity index (χ1) is 11.4. The highest BCUT2D eigenvalue weighted by Gasteiger charge is 2.58. The summed E-state index contributed by atoms with van der Waals surface area (Å²) >= 11 is 0. The Hall–Kier alpha value is -1.09. The third-order valence-corrected chi connectivity index (χ3v) is 8.47. The lowest BCUT2D eigenvalue weighted by Gasteiger charge is -2.57. The lowest BCUT2D eigenvalue weighted by Crippen LogP contribution is -2.51. The van der Waals surface area contributed by atoms with Crippen molar-refractivity contribution in [3.8, 4) is 0 Å². The number of hydrogen-bond donors (Lipinski definition) is 2. The summed E-state index contributed by atoms with van der Waals surface area (Å²) in [5.74, 6) is 2.35. The monoisotopic (exact) mass is 326 g/mol. The van der Waals surface area contributed by atoms with Crippen LogP contribution in [0.1, 0.15) is 69.3 Å². The third-order valence-electron chi connectivity index (χ3n) is 8.47. The standard InChI is InChI=1S/C21H30N2O/c1-12-19-18(23-22-12)11-17-15-5-4-13-10-14(24)6-8-20(13,2)16(15)7-9-21(17,19)3/h4,14-17,24H,5-11H2,1-3H3,(H,22,23). The SMILES string of the molecule is Cc1[nH]nc2c1C1(C)CCC3C(CC=C4CC(O)CCC43C)C1C2. The Morgan fingerprint density at radius 1 is 1.12 bits per heavy atom. The van der Waals surface area contributed by atoms with Crippen molar-refractivity contribution in [2.45, 2.75) is 77.2 Å². The van der Waals surface area contributed by atoms with Gasteiger partial charge in [0, 0.05) is 11.3 Å². The van der Waals surface area contributed by atoms with Crippen molar-refractivity contribution < 1.29 is 5.11 Å². The molecule has 4 aliphatic rings. The van der Waals surface area contributed by atoms with Crippen molar-refractivity contribution in [2.75, 3.05) is 0 Å². The van der Waals surface area contributed by atoms with Gasteiger partial charge in [-0.2, -0.15) is 5.10 Å². The number of nitrogens with one attached hydrogen (secondary N) is 1. The van der Waals surface area contributed by atoms with Gasteiger partial charge in [0.2, 0.25) is 0 Å². The minimum atomic E-state index is -0.103. The summed E-state index contributed by atoms with van der Waals surface area (Å²) in [4.78, 5) is 0. The lowest BCUT2D eigenvalue weighted by atomic mass is 9.47. The van der Waals surface area contributed by atoms with Crippen LogP contribution in [0.25, 0.3) is 0 Å². The summed E-state index contributed by atoms with van der Waals surface area (Å²) in [5, 5.41) is 18.0. The number of H-pyrrole nitrogens is 1. The highest BCUT2D eigenvalue weighted by molar-refractivity contribution is 5.41. The molecule has 0 aromatic carbocycles. The van der Waals surface area contributed by atoms with Gasteiger partial charge < -0.3 is 5.11 Å². The second-order valence-electron chi connectivity index (χ2n) is 9.49. The molecule has 130 valence electrons. The van der Waals surface area contributed by atoms with Crippen LogP contribution in [-0.4, -0.2) is 21.4 Å². The first-order valence-corrected chi connectivity index (χ1v) is 9.85. The molecule has 3 nitrogen and oxygen atoms in total. The van der Waals surface area contributed by atoms with E-state index in [2.05, 4.69) is 37.0 Å². The Labute approximate surface area is 144 Å². The summed E-state index contributed by atoms with van der Waals surface area (Å²) in [7, 11) is 0. The van der Waals surface area contributed by atoms with Crippen molar-refractivity contribution in [1.29, 1.82) is 0 Å². The van der Waals surface area contributed by atoms with Gasteiger partial charge in [0.15, 0.2) is 0 Å². The van der Waals surface area contributed by atoms with E-state index in [1.54, 1.807) is 11.1 Å². The molecule has 4 aliphatic carbocycles. The fourth-order valence-electron chi connectivity index (χ4n) is 7.24. The highest BCUT2D eigenvalue weighted by Crippen LogP contribution is 2.64. The number of nitrogens with zero attached hydrogens (tertiary/aromatic N) is 1. The van der Waals surface area contributed by atoms with Crippen molar-refractivity contribution in [3.63, 3.8) is 0 Å². The van der Waals surface area contributed by atoms with Crippen LogP contribution >= 0.6 is 0 Å². The molecular weight excluding hydrogens is 296 g/mol. The van der Waals surface area contributed by atoms with E-state index in [1.807, 2.05) is 0 Å². The first-order valence-electron chi connectivity index (χ1n) is 9.85. The number of aliphatic hydroxyl groups is 1. The van der Waals surface area contributed by atoms with E-state index in [0.29, 0.717) is 10.8 Å². The molecule has 1 aromatic rings. The van der Waals surface area contributed by atoms with Gasteiger partial charge in [0.25, 0.3) is 0 Å². The van der Waals surface area contributed by atoms with E-state index in [9.17, 15) is 5.11 Å². The Balaban J connectivity index is 1.54. The first kappa shape index (κ1) is 15.2. The second-order valence-corrected chi connectivity index (χ2v) is 9.49. The maximum absolute atomic E-state index is 10.1. The maximum atomic E-state index is 10.1. The Morgan fingerprint density at radius 3 is 2.75 bits per heavy atom. The topological polar surface area (TPSA) is 48.9 Å². The fraction of sp³-hybridized carbons (Fsp3) is 0.762. The summed E-state index contributed by atoms with van der Waals surface area (Å²) in [6.07, 6.45) is 10.5. The van der Waals surface area contributed by atoms with Crippen LogP contribution in [0.2, 0.25) is 0 Å². The van der Waals surface area contributed by atoms with Gasteiger partial charge in [-0.15, -0.1) is 0 Å². The van der Waals surface area contributed by atoms with Gasteiger partial charge >= 0.3 is 0 Å². The Bertz CT molecular complexity index is 719. The summed E-state index contributed by atoms with van der Waals surface area (Å²) in [6, 6.07) is 0. The molecule has 1 heterocycles. The molecule has 24 heavy (non-hydrogen) atoms. The number of aromatic amines is 1. The van der Waals surface area contributed by atoms with E-state index in [4.69, 9.17) is 0 Å². The van der Waals surface area contributed by atoms with Crippen molar-refractivity contribution in [1.82, 2.24) is 10.2 Å². The van der Waals surface area contributed by atoms with Crippen LogP contribution in [0.5, 0.6) is 0 Å². The number of aliphatic hydroxyl groups excluding tert-OH is 1. The van der Waals surface area contributed by atoms with Gasteiger partial charge in [-0.1, -0.05) is 25.5 Å². The summed E-state index contributed by atoms with van der Waals surface area (Å²) in [5.41, 5.74) is 6.42. The minimum absolute atomic E-state index is 0.103. The molecule has 3 heteroatoms. The number of aromatic nitrogens is 2. The average Bonchev–Trinajstić information content (AvgIpc) is 3.06. The van der Waals surface area contributed by atoms with E-state index < -0.39 is 0 Å². The zero-order valence-corrected chi connectivity index (χ0v) is 15.2. The van der Waals surface area contributed by atoms with Gasteiger partial charge in [-0.05, 0) is 80.5 Å². The van der Waals surface area contributed by atoms with Crippen LogP contribution in [0.3, 0.4) is 0 Å². The number of hydrogen-bond acceptors (Lipinski definition) is 2. The van der Waals surface area contributed by atoms with E-state index >= 15 is 0 Å². The number of aryl methyl sites for hydroxylation is 1. The molecule has 6 atom stereocenters. The molecule has 0 aliphatic heterocycles. The van der Waals surface area contributed by atoms with Crippen LogP contribution in [0, 0.1) is 30.1 Å². The Morgan fingerprint density at radius 2 is 1.92 bits per heavy atom. The molecule has 6 unspecified atom stereocenters. The smallest absolute Gasteiger partial charge is 0.0665 e. The number of rotatable bonds is 0. The normalized spacial score (nSPS) is 46.6. The van der Waals surface area contributed by atoms with Crippen molar-refractivity contribution >= 4 is 0 Å². The number of allylic oxidation sites excluding steroid dienone is 1. The molecule has 1 aromatic heterocycles. The van der Waals surface area contributed by atoms with Crippen LogP contribution in [-0.2, 0) is 11.8 Å². The Kier molecular flexibility index (Phi) is 3.01. The molecule has 2 N–H and O–H groups in total. The van der Waals surface area contributed by atoms with Crippen LogP contribution in [0.4, 0.5) is 0 Å². The van der Waals surface area contributed by atoms with E-state index in [1.165, 1.54) is 43.5 Å². The fourth-order valence-corrected chi connectivity index (χ4v) is 7.24. The summed E-state index contributed by atoms with van der Waals surface area (Å²) < 4.78 is 0. The lowest BCUT2D eigenvalue weighted by molar-refractivity contribution is -0.0166. The molecule has 0 bridgehead atoms. The van der Waals surface area contributed by atoms with E-state index in [0.717, 1.165) is 30.6 Å². The zero-order chi connectivity index (χ0) is 16.7. The predicted octanol–water partition coefficient (Wildman–Crippen LogP) is 4.06. The molecule has 0 spiro atoms.